The van der Waals surface area contributed by atoms with Gasteiger partial charge in [-0.3, -0.25) is 9.59 Å². The van der Waals surface area contributed by atoms with Gasteiger partial charge in [-0.25, -0.2) is 4.90 Å². The van der Waals surface area contributed by atoms with E-state index in [0.717, 1.165) is 11.1 Å². The molecule has 1 fully saturated rings. The maximum absolute atomic E-state index is 13.0. The number of rotatable bonds is 8. The Morgan fingerprint density at radius 3 is 2.25 bits per heavy atom. The van der Waals surface area contributed by atoms with Crippen molar-refractivity contribution in [3.8, 4) is 0 Å². The van der Waals surface area contributed by atoms with Crippen LogP contribution in [0.2, 0.25) is 0 Å². The minimum atomic E-state index is -0.698. The molecule has 3 aromatic carbocycles. The molecule has 3 aromatic rings. The summed E-state index contributed by atoms with van der Waals surface area (Å²) in [6.45, 7) is 0.0776. The van der Waals surface area contributed by atoms with Crippen LogP contribution in [-0.2, 0) is 16.1 Å². The summed E-state index contributed by atoms with van der Waals surface area (Å²) < 4.78 is 12.7. The van der Waals surface area contributed by atoms with Crippen LogP contribution in [0.3, 0.4) is 0 Å². The molecular formula is C28H27NO6S. The van der Waals surface area contributed by atoms with E-state index in [1.54, 1.807) is 54.2 Å². The highest BCUT2D eigenvalue weighted by atomic mass is 32.2. The highest BCUT2D eigenvalue weighted by Gasteiger charge is 2.37. The SMILES string of the molecule is O=C1c2ccccc2C(=O)N1c1cccc([C@H]2O[C@@H](CSCCO)C[C@@H](c3ccc(CO)cc3)O2)c1. The lowest BCUT2D eigenvalue weighted by Gasteiger charge is -2.36. The number of fused-ring (bicyclic) bond motifs is 1. The fourth-order valence-electron chi connectivity index (χ4n) is 4.54. The Kier molecular flexibility index (Phi) is 7.50. The predicted molar refractivity (Wildman–Crippen MR) is 137 cm³/mol. The molecule has 7 nitrogen and oxygen atoms in total. The molecule has 2 aliphatic heterocycles. The minimum absolute atomic E-state index is 0.0252. The van der Waals surface area contributed by atoms with Gasteiger partial charge in [-0.05, 0) is 35.4 Å². The Labute approximate surface area is 213 Å². The second-order valence-electron chi connectivity index (χ2n) is 8.73. The van der Waals surface area contributed by atoms with Crippen LogP contribution < -0.4 is 4.90 Å². The van der Waals surface area contributed by atoms with Crippen LogP contribution in [-0.4, -0.2) is 46.2 Å². The number of thioether (sulfide) groups is 1. The van der Waals surface area contributed by atoms with Gasteiger partial charge < -0.3 is 19.7 Å². The Morgan fingerprint density at radius 2 is 1.58 bits per heavy atom. The quantitative estimate of drug-likeness (QED) is 0.349. The van der Waals surface area contributed by atoms with Crippen molar-refractivity contribution in [3.05, 3.63) is 101 Å². The van der Waals surface area contributed by atoms with Crippen molar-refractivity contribution in [3.63, 3.8) is 0 Å². The van der Waals surface area contributed by atoms with Crippen LogP contribution in [0.15, 0.2) is 72.8 Å². The molecule has 0 bridgehead atoms. The Morgan fingerprint density at radius 1 is 0.861 bits per heavy atom. The lowest BCUT2D eigenvalue weighted by atomic mass is 10.0. The summed E-state index contributed by atoms with van der Waals surface area (Å²) in [6, 6.07) is 21.6. The smallest absolute Gasteiger partial charge is 0.266 e. The number of nitrogens with zero attached hydrogens (tertiary/aromatic N) is 1. The van der Waals surface area contributed by atoms with E-state index in [4.69, 9.17) is 9.47 Å². The van der Waals surface area contributed by atoms with E-state index in [2.05, 4.69) is 0 Å². The number of imide groups is 1. The third kappa shape index (κ3) is 4.96. The van der Waals surface area contributed by atoms with E-state index >= 15 is 0 Å². The molecule has 3 atom stereocenters. The van der Waals surface area contributed by atoms with Crippen LogP contribution in [0, 0.1) is 0 Å². The second kappa shape index (κ2) is 10.9. The summed E-state index contributed by atoms with van der Waals surface area (Å²) in [6.07, 6.45) is -0.410. The van der Waals surface area contributed by atoms with Gasteiger partial charge in [-0.15, -0.1) is 0 Å². The number of anilines is 1. The van der Waals surface area contributed by atoms with Crippen LogP contribution in [0.1, 0.15) is 56.2 Å². The van der Waals surface area contributed by atoms with E-state index in [-0.39, 0.29) is 37.2 Å². The Bertz CT molecular complexity index is 1210. The van der Waals surface area contributed by atoms with Crippen LogP contribution in [0.5, 0.6) is 0 Å². The molecule has 2 heterocycles. The molecule has 2 amide bonds. The molecule has 0 unspecified atom stereocenters. The molecule has 0 radical (unpaired) electrons. The predicted octanol–water partition coefficient (Wildman–Crippen LogP) is 4.25. The summed E-state index contributed by atoms with van der Waals surface area (Å²) >= 11 is 1.62. The zero-order valence-electron chi connectivity index (χ0n) is 19.6. The van der Waals surface area contributed by atoms with Crippen molar-refractivity contribution in [2.45, 2.75) is 31.5 Å². The standard InChI is InChI=1S/C28H27NO6S/c30-12-13-36-17-22-15-25(19-10-8-18(16-31)9-11-19)35-28(34-22)20-4-3-5-21(14-20)29-26(32)23-6-1-2-7-24(23)27(29)33/h1-11,14,22,25,28,30-31H,12-13,15-17H2/t22-,25+,28+/m1/s1. The van der Waals surface area contributed by atoms with Gasteiger partial charge in [0.2, 0.25) is 0 Å². The summed E-state index contributed by atoms with van der Waals surface area (Å²) in [5.74, 6) is 0.622. The first-order valence-electron chi connectivity index (χ1n) is 11.9. The van der Waals surface area contributed by atoms with E-state index in [1.807, 2.05) is 30.3 Å². The first kappa shape index (κ1) is 24.7. The number of aliphatic hydroxyl groups is 2. The average Bonchev–Trinajstić information content (AvgIpc) is 3.18. The molecule has 2 N–H and O–H groups in total. The monoisotopic (exact) mass is 505 g/mol. The number of benzene rings is 3. The Balaban J connectivity index is 1.41. The van der Waals surface area contributed by atoms with Gasteiger partial charge in [0, 0.05) is 23.5 Å². The van der Waals surface area contributed by atoms with Crippen LogP contribution in [0.25, 0.3) is 0 Å². The highest BCUT2D eigenvalue weighted by molar-refractivity contribution is 7.99. The third-order valence-corrected chi connectivity index (χ3v) is 7.43. The van der Waals surface area contributed by atoms with Gasteiger partial charge in [0.1, 0.15) is 0 Å². The van der Waals surface area contributed by atoms with Gasteiger partial charge in [0.25, 0.3) is 11.8 Å². The van der Waals surface area contributed by atoms with Gasteiger partial charge >= 0.3 is 0 Å². The first-order valence-corrected chi connectivity index (χ1v) is 13.0. The molecule has 0 aromatic heterocycles. The molecule has 0 aliphatic carbocycles. The van der Waals surface area contributed by atoms with Crippen LogP contribution >= 0.6 is 11.8 Å². The molecule has 8 heteroatoms. The fourth-order valence-corrected chi connectivity index (χ4v) is 5.31. The number of aliphatic hydroxyl groups excluding tert-OH is 2. The molecule has 5 rings (SSSR count). The molecule has 1 saturated heterocycles. The fraction of sp³-hybridized carbons (Fsp3) is 0.286. The van der Waals surface area contributed by atoms with Crippen molar-refractivity contribution in [2.24, 2.45) is 0 Å². The lowest BCUT2D eigenvalue weighted by molar-refractivity contribution is -0.245. The number of ether oxygens (including phenoxy) is 2. The van der Waals surface area contributed by atoms with E-state index in [0.29, 0.717) is 40.3 Å². The number of carbonyl (C=O) groups excluding carboxylic acids is 2. The van der Waals surface area contributed by atoms with Crippen molar-refractivity contribution in [2.75, 3.05) is 23.0 Å². The number of amides is 2. The van der Waals surface area contributed by atoms with Gasteiger partial charge in [0.05, 0.1) is 42.2 Å². The molecule has 0 spiro atoms. The summed E-state index contributed by atoms with van der Waals surface area (Å²) in [5, 5.41) is 18.6. The zero-order chi connectivity index (χ0) is 25.1. The van der Waals surface area contributed by atoms with E-state index in [1.165, 1.54) is 4.90 Å². The van der Waals surface area contributed by atoms with E-state index in [9.17, 15) is 19.8 Å². The van der Waals surface area contributed by atoms with Gasteiger partial charge in [-0.2, -0.15) is 11.8 Å². The largest absolute Gasteiger partial charge is 0.396 e. The third-order valence-electron chi connectivity index (χ3n) is 6.35. The lowest BCUT2D eigenvalue weighted by Crippen LogP contribution is -2.32. The maximum atomic E-state index is 13.0. The molecule has 186 valence electrons. The molecule has 0 saturated carbocycles. The molecular weight excluding hydrogens is 478 g/mol. The maximum Gasteiger partial charge on any atom is 0.266 e. The highest BCUT2D eigenvalue weighted by Crippen LogP contribution is 2.40. The Hall–Kier alpha value is -3.01. The number of carbonyl (C=O) groups is 2. The zero-order valence-corrected chi connectivity index (χ0v) is 20.4. The van der Waals surface area contributed by atoms with Gasteiger partial charge in [-0.1, -0.05) is 48.5 Å². The van der Waals surface area contributed by atoms with Crippen molar-refractivity contribution >= 4 is 29.3 Å². The molecule has 2 aliphatic rings. The molecule has 36 heavy (non-hydrogen) atoms. The summed E-state index contributed by atoms with van der Waals surface area (Å²) in [4.78, 5) is 27.2. The van der Waals surface area contributed by atoms with Crippen LogP contribution in [0.4, 0.5) is 5.69 Å². The van der Waals surface area contributed by atoms with Crippen molar-refractivity contribution in [1.29, 1.82) is 0 Å². The topological polar surface area (TPSA) is 96.3 Å². The summed E-state index contributed by atoms with van der Waals surface area (Å²) in [7, 11) is 0. The summed E-state index contributed by atoms with van der Waals surface area (Å²) in [5.41, 5.74) is 3.76. The minimum Gasteiger partial charge on any atom is -0.396 e. The van der Waals surface area contributed by atoms with E-state index < -0.39 is 6.29 Å². The number of hydrogen-bond acceptors (Lipinski definition) is 7. The van der Waals surface area contributed by atoms with Crippen molar-refractivity contribution < 1.29 is 29.3 Å². The second-order valence-corrected chi connectivity index (χ2v) is 9.88. The van der Waals surface area contributed by atoms with Gasteiger partial charge in [0.15, 0.2) is 6.29 Å². The number of hydrogen-bond donors (Lipinski definition) is 2. The van der Waals surface area contributed by atoms with Crippen molar-refractivity contribution in [1.82, 2.24) is 0 Å². The first-order chi connectivity index (χ1) is 17.6. The average molecular weight is 506 g/mol. The normalized spacial score (nSPS) is 21.6.